The van der Waals surface area contributed by atoms with E-state index in [0.717, 1.165) is 0 Å². The first-order valence-electron chi connectivity index (χ1n) is 4.06. The van der Waals surface area contributed by atoms with Crippen molar-refractivity contribution in [2.45, 2.75) is 0 Å². The summed E-state index contributed by atoms with van der Waals surface area (Å²) < 4.78 is 19.7. The van der Waals surface area contributed by atoms with Gasteiger partial charge >= 0.3 is 0 Å². The van der Waals surface area contributed by atoms with Gasteiger partial charge in [-0.15, -0.1) is 0 Å². The Labute approximate surface area is 89.5 Å². The maximum atomic E-state index is 13.1. The molecular weight excluding hydrogens is 219 g/mol. The number of hydrogen-bond donors (Lipinski definition) is 1. The molecule has 0 fully saturated rings. The van der Waals surface area contributed by atoms with Crippen molar-refractivity contribution in [2.24, 2.45) is 0 Å². The van der Waals surface area contributed by atoms with Crippen LogP contribution in [0.1, 0.15) is 0 Å². The number of rotatable bonds is 2. The maximum absolute atomic E-state index is 13.1. The van der Waals surface area contributed by atoms with Crippen LogP contribution in [0.2, 0.25) is 0 Å². The topological polar surface area (TPSA) is 55.7 Å². The Morgan fingerprint density at radius 3 is 2.93 bits per heavy atom. The molecule has 2 aromatic rings. The van der Waals surface area contributed by atoms with Gasteiger partial charge in [-0.05, 0) is 24.4 Å². The molecule has 1 N–H and O–H groups in total. The molecule has 7 heteroatoms. The SMILES string of the molecule is COc1cc(-n2[nH]nnc2=S)ccc1F. The average molecular weight is 226 g/mol. The normalized spacial score (nSPS) is 10.3. The van der Waals surface area contributed by atoms with Crippen LogP contribution in [0.25, 0.3) is 5.69 Å². The summed E-state index contributed by atoms with van der Waals surface area (Å²) in [6.07, 6.45) is 0. The van der Waals surface area contributed by atoms with E-state index in [1.54, 1.807) is 6.07 Å². The number of nitrogens with one attached hydrogen (secondary N) is 1. The fourth-order valence-corrected chi connectivity index (χ4v) is 1.34. The van der Waals surface area contributed by atoms with Crippen LogP contribution in [0.5, 0.6) is 5.75 Å². The largest absolute Gasteiger partial charge is 0.494 e. The molecule has 0 aliphatic heterocycles. The Morgan fingerprint density at radius 1 is 1.53 bits per heavy atom. The lowest BCUT2D eigenvalue weighted by Crippen LogP contribution is -1.98. The van der Waals surface area contributed by atoms with Gasteiger partial charge in [0, 0.05) is 6.07 Å². The molecule has 0 saturated carbocycles. The van der Waals surface area contributed by atoms with E-state index in [1.165, 1.54) is 23.9 Å². The van der Waals surface area contributed by atoms with Crippen molar-refractivity contribution in [1.29, 1.82) is 0 Å². The Hall–Kier alpha value is -1.76. The summed E-state index contributed by atoms with van der Waals surface area (Å²) in [5, 5.41) is 9.70. The van der Waals surface area contributed by atoms with Gasteiger partial charge in [-0.25, -0.2) is 9.07 Å². The second kappa shape index (κ2) is 3.77. The van der Waals surface area contributed by atoms with Crippen LogP contribution in [0, 0.1) is 10.6 Å². The molecule has 0 aliphatic rings. The lowest BCUT2D eigenvalue weighted by molar-refractivity contribution is 0.386. The molecule has 0 saturated heterocycles. The first-order chi connectivity index (χ1) is 7.22. The summed E-state index contributed by atoms with van der Waals surface area (Å²) in [6.45, 7) is 0. The molecule has 1 aromatic heterocycles. The lowest BCUT2D eigenvalue weighted by Gasteiger charge is -2.04. The third kappa shape index (κ3) is 1.73. The first kappa shape index (κ1) is 9.78. The van der Waals surface area contributed by atoms with Gasteiger partial charge in [0.15, 0.2) is 11.6 Å². The summed E-state index contributed by atoms with van der Waals surface area (Å²) in [7, 11) is 1.40. The molecule has 78 valence electrons. The Bertz CT molecular complexity index is 535. The van der Waals surface area contributed by atoms with Gasteiger partial charge < -0.3 is 4.74 Å². The Morgan fingerprint density at radius 2 is 2.33 bits per heavy atom. The Kier molecular flexibility index (Phi) is 2.46. The number of aromatic nitrogens is 4. The van der Waals surface area contributed by atoms with E-state index in [2.05, 4.69) is 15.5 Å². The van der Waals surface area contributed by atoms with E-state index in [0.29, 0.717) is 5.69 Å². The van der Waals surface area contributed by atoms with E-state index in [-0.39, 0.29) is 10.5 Å². The highest BCUT2D eigenvalue weighted by Crippen LogP contribution is 2.19. The zero-order chi connectivity index (χ0) is 10.8. The highest BCUT2D eigenvalue weighted by molar-refractivity contribution is 7.71. The monoisotopic (exact) mass is 226 g/mol. The van der Waals surface area contributed by atoms with Gasteiger partial charge in [0.1, 0.15) is 0 Å². The van der Waals surface area contributed by atoms with Crippen LogP contribution in [0.15, 0.2) is 18.2 Å². The van der Waals surface area contributed by atoms with E-state index >= 15 is 0 Å². The van der Waals surface area contributed by atoms with Crippen molar-refractivity contribution in [3.63, 3.8) is 0 Å². The minimum atomic E-state index is -0.430. The van der Waals surface area contributed by atoms with E-state index in [9.17, 15) is 4.39 Å². The second-order valence-electron chi connectivity index (χ2n) is 2.74. The van der Waals surface area contributed by atoms with E-state index in [4.69, 9.17) is 17.0 Å². The quantitative estimate of drug-likeness (QED) is 0.788. The van der Waals surface area contributed by atoms with Gasteiger partial charge in [0.2, 0.25) is 4.77 Å². The predicted molar refractivity (Wildman–Crippen MR) is 53.1 cm³/mol. The van der Waals surface area contributed by atoms with Gasteiger partial charge in [-0.1, -0.05) is 10.3 Å². The summed E-state index contributed by atoms with van der Waals surface area (Å²) >= 11 is 4.90. The minimum absolute atomic E-state index is 0.143. The zero-order valence-electron chi connectivity index (χ0n) is 7.77. The smallest absolute Gasteiger partial charge is 0.242 e. The molecule has 0 unspecified atom stereocenters. The molecule has 2 rings (SSSR count). The van der Waals surface area contributed by atoms with Crippen LogP contribution in [0.3, 0.4) is 0 Å². The first-order valence-corrected chi connectivity index (χ1v) is 4.47. The third-order valence-electron chi connectivity index (χ3n) is 1.86. The molecule has 0 radical (unpaired) electrons. The number of hydrogen-bond acceptors (Lipinski definition) is 4. The maximum Gasteiger partial charge on any atom is 0.242 e. The molecule has 1 heterocycles. The number of tetrazole rings is 1. The molecule has 0 aliphatic carbocycles. The molecular formula is C8H7FN4OS. The zero-order valence-corrected chi connectivity index (χ0v) is 8.58. The van der Waals surface area contributed by atoms with Gasteiger partial charge in [0.25, 0.3) is 0 Å². The van der Waals surface area contributed by atoms with Crippen LogP contribution >= 0.6 is 12.2 Å². The molecule has 1 aromatic carbocycles. The summed E-state index contributed by atoms with van der Waals surface area (Å²) in [4.78, 5) is 0. The molecule has 0 amide bonds. The fraction of sp³-hybridized carbons (Fsp3) is 0.125. The number of benzene rings is 1. The number of halogens is 1. The fourth-order valence-electron chi connectivity index (χ4n) is 1.15. The predicted octanol–water partition coefficient (Wildman–Crippen LogP) is 1.47. The number of nitrogens with zero attached hydrogens (tertiary/aromatic N) is 3. The minimum Gasteiger partial charge on any atom is -0.494 e. The van der Waals surface area contributed by atoms with Gasteiger partial charge in [-0.3, -0.25) is 0 Å². The van der Waals surface area contributed by atoms with Crippen LogP contribution in [0.4, 0.5) is 4.39 Å². The molecule has 0 bridgehead atoms. The number of aromatic amines is 1. The number of methoxy groups -OCH3 is 1. The van der Waals surface area contributed by atoms with Crippen molar-refractivity contribution in [1.82, 2.24) is 20.2 Å². The average Bonchev–Trinajstić information content (AvgIpc) is 2.65. The van der Waals surface area contributed by atoms with Gasteiger partial charge in [-0.2, -0.15) is 5.21 Å². The van der Waals surface area contributed by atoms with Crippen molar-refractivity contribution in [3.05, 3.63) is 28.8 Å². The second-order valence-corrected chi connectivity index (χ2v) is 3.10. The standard InChI is InChI=1S/C8H7FN4OS/c1-14-7-4-5(2-3-6(7)9)13-8(15)10-11-12-13/h2-4H,1H3,(H,10,12,15). The highest BCUT2D eigenvalue weighted by Gasteiger charge is 2.06. The van der Waals surface area contributed by atoms with Gasteiger partial charge in [0.05, 0.1) is 12.8 Å². The van der Waals surface area contributed by atoms with Crippen molar-refractivity contribution in [3.8, 4) is 11.4 Å². The number of H-pyrrole nitrogens is 1. The highest BCUT2D eigenvalue weighted by atomic mass is 32.1. The molecule has 0 spiro atoms. The number of ether oxygens (including phenoxy) is 1. The molecule has 15 heavy (non-hydrogen) atoms. The van der Waals surface area contributed by atoms with Crippen molar-refractivity contribution >= 4 is 12.2 Å². The van der Waals surface area contributed by atoms with Crippen molar-refractivity contribution in [2.75, 3.05) is 7.11 Å². The molecule has 0 atom stereocenters. The van der Waals surface area contributed by atoms with Crippen LogP contribution < -0.4 is 4.74 Å². The molecule has 5 nitrogen and oxygen atoms in total. The van der Waals surface area contributed by atoms with Crippen LogP contribution in [-0.2, 0) is 0 Å². The van der Waals surface area contributed by atoms with E-state index < -0.39 is 5.82 Å². The Balaban J connectivity index is 2.55. The summed E-state index contributed by atoms with van der Waals surface area (Å²) in [5.74, 6) is -0.288. The lowest BCUT2D eigenvalue weighted by atomic mass is 10.3. The van der Waals surface area contributed by atoms with E-state index in [1.807, 2.05) is 0 Å². The van der Waals surface area contributed by atoms with Crippen molar-refractivity contribution < 1.29 is 9.13 Å². The summed E-state index contributed by atoms with van der Waals surface area (Å²) in [6, 6.07) is 4.34. The third-order valence-corrected chi connectivity index (χ3v) is 2.13. The van der Waals surface area contributed by atoms with Crippen LogP contribution in [-0.4, -0.2) is 27.3 Å². The summed E-state index contributed by atoms with van der Waals surface area (Å²) in [5.41, 5.74) is 0.614.